The van der Waals surface area contributed by atoms with E-state index in [2.05, 4.69) is 29.1 Å². The second-order valence-corrected chi connectivity index (χ2v) is 5.98. The van der Waals surface area contributed by atoms with Gasteiger partial charge in [-0.05, 0) is 51.0 Å². The van der Waals surface area contributed by atoms with Crippen LogP contribution in [0.5, 0.6) is 0 Å². The molecule has 124 valence electrons. The zero-order chi connectivity index (χ0) is 16.2. The summed E-state index contributed by atoms with van der Waals surface area (Å²) in [4.78, 5) is 12.2. The molecule has 0 bridgehead atoms. The summed E-state index contributed by atoms with van der Waals surface area (Å²) in [6, 6.07) is 8.02. The Balaban J connectivity index is 1.58. The van der Waals surface area contributed by atoms with Crippen molar-refractivity contribution in [1.82, 2.24) is 4.57 Å². The van der Waals surface area contributed by atoms with E-state index in [1.54, 1.807) is 6.92 Å². The molecular formula is C18H24N2O3. The minimum absolute atomic E-state index is 0.128. The highest BCUT2D eigenvalue weighted by atomic mass is 16.5. The first-order chi connectivity index (χ1) is 11.2. The summed E-state index contributed by atoms with van der Waals surface area (Å²) >= 11 is 0. The molecule has 1 aromatic carbocycles. The molecule has 1 saturated heterocycles. The molecule has 5 heteroatoms. The molecule has 1 aliphatic rings. The second kappa shape index (κ2) is 7.15. The van der Waals surface area contributed by atoms with Gasteiger partial charge in [0.15, 0.2) is 0 Å². The fourth-order valence-electron chi connectivity index (χ4n) is 2.90. The van der Waals surface area contributed by atoms with Crippen LogP contribution < -0.4 is 5.32 Å². The molecule has 1 amide bonds. The van der Waals surface area contributed by atoms with Crippen molar-refractivity contribution in [1.29, 1.82) is 0 Å². The topological polar surface area (TPSA) is 52.5 Å². The Morgan fingerprint density at radius 2 is 2.35 bits per heavy atom. The summed E-state index contributed by atoms with van der Waals surface area (Å²) < 4.78 is 13.3. The lowest BCUT2D eigenvalue weighted by Crippen LogP contribution is -2.30. The Labute approximate surface area is 136 Å². The molecule has 5 nitrogen and oxygen atoms in total. The summed E-state index contributed by atoms with van der Waals surface area (Å²) in [6.45, 7) is 6.10. The summed E-state index contributed by atoms with van der Waals surface area (Å²) in [5.41, 5.74) is 1.97. The number of amides is 1. The molecule has 0 radical (unpaired) electrons. The normalized spacial score (nSPS) is 19.1. The number of aryl methyl sites for hydroxylation is 1. The van der Waals surface area contributed by atoms with Crippen LogP contribution in [0.2, 0.25) is 0 Å². The number of carbonyl (C=O) groups is 1. The van der Waals surface area contributed by atoms with Crippen LogP contribution in [0.15, 0.2) is 30.5 Å². The number of carbonyl (C=O) groups excluding carboxylic acids is 1. The van der Waals surface area contributed by atoms with Crippen LogP contribution in [0.25, 0.3) is 10.9 Å². The van der Waals surface area contributed by atoms with E-state index in [1.165, 1.54) is 5.52 Å². The van der Waals surface area contributed by atoms with E-state index in [9.17, 15) is 4.79 Å². The smallest absolute Gasteiger partial charge is 0.253 e. The van der Waals surface area contributed by atoms with Crippen LogP contribution in [0.4, 0.5) is 5.69 Å². The number of ether oxygens (including phenoxy) is 2. The Morgan fingerprint density at radius 1 is 1.48 bits per heavy atom. The summed E-state index contributed by atoms with van der Waals surface area (Å²) in [5, 5.41) is 4.05. The number of hydrogen-bond donors (Lipinski definition) is 1. The lowest BCUT2D eigenvalue weighted by Gasteiger charge is -2.16. The van der Waals surface area contributed by atoms with Crippen molar-refractivity contribution >= 4 is 22.5 Å². The monoisotopic (exact) mass is 316 g/mol. The van der Waals surface area contributed by atoms with Crippen molar-refractivity contribution in [2.75, 3.05) is 18.5 Å². The number of anilines is 1. The van der Waals surface area contributed by atoms with E-state index in [1.807, 2.05) is 18.2 Å². The van der Waals surface area contributed by atoms with E-state index in [4.69, 9.17) is 9.47 Å². The number of aromatic nitrogens is 1. The third-order valence-corrected chi connectivity index (χ3v) is 4.30. The molecule has 0 spiro atoms. The molecular weight excluding hydrogens is 292 g/mol. The number of fused-ring (bicyclic) bond motifs is 1. The zero-order valence-electron chi connectivity index (χ0n) is 13.7. The first-order valence-corrected chi connectivity index (χ1v) is 8.30. The first kappa shape index (κ1) is 16.0. The summed E-state index contributed by atoms with van der Waals surface area (Å²) in [5.74, 6) is -0.128. The fraction of sp³-hybridized carbons (Fsp3) is 0.500. The highest BCUT2D eigenvalue weighted by molar-refractivity contribution is 5.96. The van der Waals surface area contributed by atoms with Crippen LogP contribution in [-0.2, 0) is 20.8 Å². The van der Waals surface area contributed by atoms with Gasteiger partial charge >= 0.3 is 0 Å². The van der Waals surface area contributed by atoms with Crippen molar-refractivity contribution in [3.05, 3.63) is 30.5 Å². The molecule has 2 atom stereocenters. The van der Waals surface area contributed by atoms with Crippen LogP contribution in [0.1, 0.15) is 26.7 Å². The molecule has 0 unspecified atom stereocenters. The summed E-state index contributed by atoms with van der Waals surface area (Å²) in [6.07, 6.45) is 3.79. The first-order valence-electron chi connectivity index (χ1n) is 8.30. The van der Waals surface area contributed by atoms with E-state index < -0.39 is 6.10 Å². The van der Waals surface area contributed by atoms with Gasteiger partial charge in [-0.2, -0.15) is 0 Å². The molecule has 1 N–H and O–H groups in total. The maximum absolute atomic E-state index is 12.2. The predicted molar refractivity (Wildman–Crippen MR) is 90.6 cm³/mol. The maximum atomic E-state index is 12.2. The third kappa shape index (κ3) is 3.74. The number of rotatable bonds is 6. The number of nitrogens with one attached hydrogen (secondary N) is 1. The van der Waals surface area contributed by atoms with Crippen molar-refractivity contribution < 1.29 is 14.3 Å². The molecule has 1 fully saturated rings. The second-order valence-electron chi connectivity index (χ2n) is 5.98. The SMILES string of the molecule is CCn1ccc2cc(NC(=O)[C@H](C)OC[C@@H]3CCCO3)ccc21. The van der Waals surface area contributed by atoms with E-state index in [0.29, 0.717) is 6.61 Å². The predicted octanol–water partition coefficient (Wildman–Crippen LogP) is 3.18. The van der Waals surface area contributed by atoms with Crippen molar-refractivity contribution in [2.24, 2.45) is 0 Å². The maximum Gasteiger partial charge on any atom is 0.253 e. The lowest BCUT2D eigenvalue weighted by molar-refractivity contribution is -0.128. The van der Waals surface area contributed by atoms with Crippen molar-refractivity contribution in [2.45, 2.75) is 45.4 Å². The van der Waals surface area contributed by atoms with Crippen LogP contribution in [0.3, 0.4) is 0 Å². The summed E-state index contributed by atoms with van der Waals surface area (Å²) in [7, 11) is 0. The molecule has 2 aromatic rings. The van der Waals surface area contributed by atoms with E-state index >= 15 is 0 Å². The van der Waals surface area contributed by atoms with Gasteiger partial charge in [0.1, 0.15) is 6.10 Å². The molecule has 23 heavy (non-hydrogen) atoms. The van der Waals surface area contributed by atoms with Crippen LogP contribution in [0, 0.1) is 0 Å². The number of hydrogen-bond acceptors (Lipinski definition) is 3. The Hall–Kier alpha value is -1.85. The fourth-order valence-corrected chi connectivity index (χ4v) is 2.90. The number of benzene rings is 1. The van der Waals surface area contributed by atoms with Gasteiger partial charge in [-0.1, -0.05) is 0 Å². The van der Waals surface area contributed by atoms with E-state index in [0.717, 1.165) is 37.1 Å². The van der Waals surface area contributed by atoms with Gasteiger partial charge in [-0.15, -0.1) is 0 Å². The molecule has 0 aliphatic carbocycles. The Morgan fingerprint density at radius 3 is 3.09 bits per heavy atom. The highest BCUT2D eigenvalue weighted by Gasteiger charge is 2.20. The van der Waals surface area contributed by atoms with Gasteiger partial charge in [0.25, 0.3) is 5.91 Å². The van der Waals surface area contributed by atoms with Crippen LogP contribution >= 0.6 is 0 Å². The van der Waals surface area contributed by atoms with Gasteiger partial charge < -0.3 is 19.4 Å². The van der Waals surface area contributed by atoms with E-state index in [-0.39, 0.29) is 12.0 Å². The zero-order valence-corrected chi connectivity index (χ0v) is 13.7. The molecule has 2 heterocycles. The van der Waals surface area contributed by atoms with Crippen molar-refractivity contribution in [3.8, 4) is 0 Å². The molecule has 1 aromatic heterocycles. The number of nitrogens with zero attached hydrogens (tertiary/aromatic N) is 1. The standard InChI is InChI=1S/C18H24N2O3/c1-3-20-9-8-14-11-15(6-7-17(14)20)19-18(21)13(2)23-12-16-5-4-10-22-16/h6-9,11,13,16H,3-5,10,12H2,1-2H3,(H,19,21)/t13-,16-/m0/s1. The van der Waals surface area contributed by atoms with Gasteiger partial charge in [-0.3, -0.25) is 4.79 Å². The van der Waals surface area contributed by atoms with Gasteiger partial charge in [0, 0.05) is 35.9 Å². The average Bonchev–Trinajstić information content (AvgIpc) is 3.21. The average molecular weight is 316 g/mol. The third-order valence-electron chi connectivity index (χ3n) is 4.30. The molecule has 3 rings (SSSR count). The van der Waals surface area contributed by atoms with Gasteiger partial charge in [-0.25, -0.2) is 0 Å². The van der Waals surface area contributed by atoms with Gasteiger partial charge in [0.2, 0.25) is 0 Å². The molecule has 0 saturated carbocycles. The molecule has 1 aliphatic heterocycles. The lowest BCUT2D eigenvalue weighted by atomic mass is 10.2. The highest BCUT2D eigenvalue weighted by Crippen LogP contribution is 2.21. The van der Waals surface area contributed by atoms with Crippen molar-refractivity contribution in [3.63, 3.8) is 0 Å². The van der Waals surface area contributed by atoms with Crippen LogP contribution in [-0.4, -0.2) is 35.9 Å². The van der Waals surface area contributed by atoms with Gasteiger partial charge in [0.05, 0.1) is 12.7 Å². The quantitative estimate of drug-likeness (QED) is 0.890. The minimum atomic E-state index is -0.491. The Bertz CT molecular complexity index is 674. The Kier molecular flexibility index (Phi) is 4.98. The largest absolute Gasteiger partial charge is 0.376 e. The minimum Gasteiger partial charge on any atom is -0.376 e.